The number of nitrogens with one attached hydrogen (secondary N) is 3. The molecule has 0 atom stereocenters. The lowest BCUT2D eigenvalue weighted by Gasteiger charge is -2.12. The third kappa shape index (κ3) is 5.92. The first kappa shape index (κ1) is 22.8. The lowest BCUT2D eigenvalue weighted by Crippen LogP contribution is -2.13. The summed E-state index contributed by atoms with van der Waals surface area (Å²) in [5, 5.41) is 6.73. The molecule has 7 nitrogen and oxygen atoms in total. The lowest BCUT2D eigenvalue weighted by atomic mass is 10.3. The van der Waals surface area contributed by atoms with Gasteiger partial charge in [0.05, 0.1) is 5.02 Å². The number of hydrogen-bond donors (Lipinski definition) is 3. The molecule has 33 heavy (non-hydrogen) atoms. The molecule has 1 heterocycles. The van der Waals surface area contributed by atoms with E-state index in [1.807, 2.05) is 43.3 Å². The zero-order valence-corrected chi connectivity index (χ0v) is 19.7. The monoisotopic (exact) mass is 499 g/mol. The van der Waals surface area contributed by atoms with E-state index < -0.39 is 10.0 Å². The van der Waals surface area contributed by atoms with Crippen molar-refractivity contribution in [1.82, 2.24) is 9.97 Å². The van der Waals surface area contributed by atoms with E-state index in [1.54, 1.807) is 24.3 Å². The number of aryl methyl sites for hydroxylation is 1. The van der Waals surface area contributed by atoms with Gasteiger partial charge in [-0.3, -0.25) is 4.72 Å². The number of rotatable bonds is 7. The number of benzene rings is 3. The molecule has 0 saturated carbocycles. The fraction of sp³-hybridized carbons (Fsp3) is 0.0435. The van der Waals surface area contributed by atoms with Crippen molar-refractivity contribution in [3.8, 4) is 0 Å². The van der Waals surface area contributed by atoms with E-state index in [2.05, 4.69) is 25.3 Å². The standard InChI is InChI=1S/C23H19Cl2N5O2S/c1-15-13-22(27-17-5-3-2-4-6-17)29-23(26-15)28-18-8-10-19(11-9-18)30-33(31,32)21-14-16(24)7-12-20(21)25/h2-14,30H,1H3,(H2,26,27,28,29). The summed E-state index contributed by atoms with van der Waals surface area (Å²) in [6, 6.07) is 22.5. The Bertz CT molecular complexity index is 1380. The molecular weight excluding hydrogens is 481 g/mol. The third-order valence-corrected chi connectivity index (χ3v) is 6.57. The summed E-state index contributed by atoms with van der Waals surface area (Å²) in [5.41, 5.74) is 2.76. The predicted octanol–water partition coefficient (Wildman–Crippen LogP) is 6.38. The van der Waals surface area contributed by atoms with E-state index in [0.29, 0.717) is 23.1 Å². The van der Waals surface area contributed by atoms with E-state index in [-0.39, 0.29) is 14.9 Å². The maximum atomic E-state index is 12.7. The highest BCUT2D eigenvalue weighted by Crippen LogP contribution is 2.27. The van der Waals surface area contributed by atoms with Crippen LogP contribution in [-0.2, 0) is 10.0 Å². The van der Waals surface area contributed by atoms with E-state index in [9.17, 15) is 8.42 Å². The molecular formula is C23H19Cl2N5O2S. The maximum Gasteiger partial charge on any atom is 0.263 e. The number of para-hydroxylation sites is 1. The van der Waals surface area contributed by atoms with Crippen LogP contribution in [0.2, 0.25) is 10.0 Å². The van der Waals surface area contributed by atoms with Crippen LogP contribution < -0.4 is 15.4 Å². The second-order valence-corrected chi connectivity index (χ2v) is 9.59. The van der Waals surface area contributed by atoms with Crippen LogP contribution in [0, 0.1) is 6.92 Å². The quantitative estimate of drug-likeness (QED) is 0.273. The minimum absolute atomic E-state index is 0.0849. The number of hydrogen-bond acceptors (Lipinski definition) is 6. The molecule has 0 aliphatic heterocycles. The van der Waals surface area contributed by atoms with E-state index in [0.717, 1.165) is 11.4 Å². The van der Waals surface area contributed by atoms with Gasteiger partial charge in [0.2, 0.25) is 5.95 Å². The minimum Gasteiger partial charge on any atom is -0.340 e. The van der Waals surface area contributed by atoms with Gasteiger partial charge < -0.3 is 10.6 Å². The summed E-state index contributed by atoms with van der Waals surface area (Å²) < 4.78 is 27.9. The van der Waals surface area contributed by atoms with Gasteiger partial charge >= 0.3 is 0 Å². The first-order valence-corrected chi connectivity index (χ1v) is 12.1. The van der Waals surface area contributed by atoms with Gasteiger partial charge in [-0.25, -0.2) is 13.4 Å². The summed E-state index contributed by atoms with van der Waals surface area (Å²) in [6.45, 7) is 1.88. The molecule has 0 radical (unpaired) electrons. The number of anilines is 5. The second kappa shape index (κ2) is 9.66. The predicted molar refractivity (Wildman–Crippen MR) is 133 cm³/mol. The number of nitrogens with zero attached hydrogens (tertiary/aromatic N) is 2. The van der Waals surface area contributed by atoms with Gasteiger partial charge in [-0.05, 0) is 61.5 Å². The number of aromatic nitrogens is 2. The molecule has 168 valence electrons. The maximum absolute atomic E-state index is 12.7. The average Bonchev–Trinajstić information content (AvgIpc) is 2.77. The van der Waals surface area contributed by atoms with Crippen LogP contribution in [0.4, 0.5) is 28.8 Å². The number of halogens is 2. The van der Waals surface area contributed by atoms with E-state index in [4.69, 9.17) is 23.2 Å². The third-order valence-electron chi connectivity index (χ3n) is 4.48. The first-order chi connectivity index (χ1) is 15.8. The normalized spacial score (nSPS) is 11.1. The Morgan fingerprint density at radius 1 is 0.758 bits per heavy atom. The average molecular weight is 500 g/mol. The summed E-state index contributed by atoms with van der Waals surface area (Å²) in [7, 11) is -3.90. The molecule has 0 bridgehead atoms. The molecule has 0 aliphatic rings. The van der Waals surface area contributed by atoms with E-state index >= 15 is 0 Å². The Morgan fingerprint density at radius 2 is 1.42 bits per heavy atom. The SMILES string of the molecule is Cc1cc(Nc2ccccc2)nc(Nc2ccc(NS(=O)(=O)c3cc(Cl)ccc3Cl)cc2)n1. The molecule has 0 aliphatic carbocycles. The summed E-state index contributed by atoms with van der Waals surface area (Å²) in [4.78, 5) is 8.81. The van der Waals surface area contributed by atoms with Gasteiger partial charge in [0.25, 0.3) is 10.0 Å². The zero-order chi connectivity index (χ0) is 23.4. The van der Waals surface area contributed by atoms with Crippen LogP contribution in [0.5, 0.6) is 0 Å². The Kier molecular flexibility index (Phi) is 6.69. The van der Waals surface area contributed by atoms with Crippen molar-refractivity contribution < 1.29 is 8.42 Å². The Morgan fingerprint density at radius 3 is 2.15 bits per heavy atom. The van der Waals surface area contributed by atoms with Gasteiger partial charge in [-0.2, -0.15) is 4.98 Å². The smallest absolute Gasteiger partial charge is 0.263 e. The second-order valence-electron chi connectivity index (χ2n) is 7.09. The lowest BCUT2D eigenvalue weighted by molar-refractivity contribution is 0.601. The molecule has 10 heteroatoms. The van der Waals surface area contributed by atoms with Gasteiger partial charge in [-0.1, -0.05) is 41.4 Å². The van der Waals surface area contributed by atoms with Crippen LogP contribution in [-0.4, -0.2) is 18.4 Å². The molecule has 0 fully saturated rings. The topological polar surface area (TPSA) is 96.0 Å². The zero-order valence-electron chi connectivity index (χ0n) is 17.4. The molecule has 0 spiro atoms. The minimum atomic E-state index is -3.90. The van der Waals surface area contributed by atoms with Crippen molar-refractivity contribution in [3.63, 3.8) is 0 Å². The van der Waals surface area contributed by atoms with Crippen molar-refractivity contribution in [1.29, 1.82) is 0 Å². The van der Waals surface area contributed by atoms with Crippen LogP contribution in [0.1, 0.15) is 5.69 Å². The highest BCUT2D eigenvalue weighted by Gasteiger charge is 2.18. The Balaban J connectivity index is 1.48. The van der Waals surface area contributed by atoms with Gasteiger partial charge in [-0.15, -0.1) is 0 Å². The van der Waals surface area contributed by atoms with Crippen molar-refractivity contribution in [2.75, 3.05) is 15.4 Å². The van der Waals surface area contributed by atoms with Crippen molar-refractivity contribution >= 4 is 62.1 Å². The molecule has 1 aromatic heterocycles. The molecule has 0 amide bonds. The molecule has 3 aromatic carbocycles. The van der Waals surface area contributed by atoms with Gasteiger partial charge in [0.1, 0.15) is 10.7 Å². The highest BCUT2D eigenvalue weighted by molar-refractivity contribution is 7.92. The molecule has 4 aromatic rings. The summed E-state index contributed by atoms with van der Waals surface area (Å²) in [6.07, 6.45) is 0. The molecule has 3 N–H and O–H groups in total. The van der Waals surface area contributed by atoms with Crippen molar-refractivity contribution in [2.24, 2.45) is 0 Å². The van der Waals surface area contributed by atoms with Crippen LogP contribution in [0.15, 0.2) is 83.8 Å². The van der Waals surface area contributed by atoms with Gasteiger partial charge in [0.15, 0.2) is 0 Å². The first-order valence-electron chi connectivity index (χ1n) is 9.81. The van der Waals surface area contributed by atoms with Crippen molar-refractivity contribution in [3.05, 3.63) is 94.6 Å². The highest BCUT2D eigenvalue weighted by atomic mass is 35.5. The molecule has 0 unspecified atom stereocenters. The van der Waals surface area contributed by atoms with Crippen molar-refractivity contribution in [2.45, 2.75) is 11.8 Å². The van der Waals surface area contributed by atoms with Crippen LogP contribution in [0.25, 0.3) is 0 Å². The summed E-state index contributed by atoms with van der Waals surface area (Å²) >= 11 is 11.9. The summed E-state index contributed by atoms with van der Waals surface area (Å²) in [5.74, 6) is 1.06. The molecule has 0 saturated heterocycles. The van der Waals surface area contributed by atoms with Crippen LogP contribution in [0.3, 0.4) is 0 Å². The van der Waals surface area contributed by atoms with Crippen LogP contribution >= 0.6 is 23.2 Å². The fourth-order valence-electron chi connectivity index (χ4n) is 3.00. The van der Waals surface area contributed by atoms with Gasteiger partial charge in [0, 0.05) is 33.8 Å². The van der Waals surface area contributed by atoms with E-state index in [1.165, 1.54) is 18.2 Å². The largest absolute Gasteiger partial charge is 0.340 e. The Hall–Kier alpha value is -3.33. The molecule has 4 rings (SSSR count). The fourth-order valence-corrected chi connectivity index (χ4v) is 4.82. The number of sulfonamides is 1. The Labute approximate surface area is 201 Å².